The average molecular weight is 761 g/mol. The maximum Gasteiger partial charge on any atom is 0.272 e. The smallest absolute Gasteiger partial charge is 0.272 e. The van der Waals surface area contributed by atoms with Gasteiger partial charge in [0.1, 0.15) is 0 Å². The van der Waals surface area contributed by atoms with Crippen molar-refractivity contribution in [3.8, 4) is 61.3 Å². The Labute approximate surface area is 343 Å². The number of aromatic nitrogens is 1. The Morgan fingerprint density at radius 2 is 1.05 bits per heavy atom. The van der Waals surface area contributed by atoms with Crippen molar-refractivity contribution in [2.45, 2.75) is 20.3 Å². The van der Waals surface area contributed by atoms with Crippen molar-refractivity contribution in [2.75, 3.05) is 0 Å². The highest BCUT2D eigenvalue weighted by molar-refractivity contribution is 6.10. The molecule has 1 aromatic heterocycles. The molecule has 4 heteroatoms. The highest BCUT2D eigenvalue weighted by atomic mass is 16.6. The molecule has 4 nitrogen and oxygen atoms in total. The first-order valence-corrected chi connectivity index (χ1v) is 20.1. The van der Waals surface area contributed by atoms with E-state index in [0.717, 1.165) is 67.7 Å². The van der Waals surface area contributed by atoms with E-state index in [-0.39, 0.29) is 10.6 Å². The number of nitrogens with zero attached hydrogens (tertiary/aromatic N) is 2. The number of fused-ring (bicyclic) bond motifs is 6. The molecule has 9 aromatic rings. The van der Waals surface area contributed by atoms with Crippen LogP contribution in [-0.2, 0) is 6.42 Å². The average Bonchev–Trinajstić information content (AvgIpc) is 3.83. The van der Waals surface area contributed by atoms with Crippen LogP contribution in [0, 0.1) is 10.1 Å². The van der Waals surface area contributed by atoms with Gasteiger partial charge in [0.25, 0.3) is 5.70 Å². The van der Waals surface area contributed by atoms with Gasteiger partial charge in [-0.25, -0.2) is 0 Å². The molecule has 1 aliphatic carbocycles. The molecule has 59 heavy (non-hydrogen) atoms. The van der Waals surface area contributed by atoms with E-state index in [1.165, 1.54) is 38.5 Å². The lowest BCUT2D eigenvalue weighted by Gasteiger charge is -2.14. The predicted octanol–water partition coefficient (Wildman–Crippen LogP) is 14.6. The van der Waals surface area contributed by atoms with Gasteiger partial charge in [-0.15, -0.1) is 0 Å². The van der Waals surface area contributed by atoms with Crippen LogP contribution in [0.5, 0.6) is 0 Å². The van der Waals surface area contributed by atoms with Gasteiger partial charge in [-0.05, 0) is 165 Å². The summed E-state index contributed by atoms with van der Waals surface area (Å²) < 4.78 is 2.33. The van der Waals surface area contributed by atoms with Crippen LogP contribution in [0.2, 0.25) is 0 Å². The number of hydrogen-bond donors (Lipinski definition) is 0. The van der Waals surface area contributed by atoms with Crippen molar-refractivity contribution < 1.29 is 4.92 Å². The second kappa shape index (κ2) is 14.7. The predicted molar refractivity (Wildman–Crippen MR) is 245 cm³/mol. The first-order chi connectivity index (χ1) is 29.0. The van der Waals surface area contributed by atoms with Crippen LogP contribution in [0.15, 0.2) is 200 Å². The van der Waals surface area contributed by atoms with E-state index in [2.05, 4.69) is 180 Å². The van der Waals surface area contributed by atoms with E-state index >= 15 is 0 Å². The topological polar surface area (TPSA) is 48.1 Å². The molecule has 1 aliphatic rings. The monoisotopic (exact) mass is 760 g/mol. The number of benzene rings is 8. The molecule has 0 amide bonds. The third-order valence-corrected chi connectivity index (χ3v) is 11.8. The number of allylic oxidation sites excluding steroid dienone is 3. The minimum absolute atomic E-state index is 0.0829. The highest BCUT2D eigenvalue weighted by Gasteiger charge is 2.21. The molecule has 0 radical (unpaired) electrons. The summed E-state index contributed by atoms with van der Waals surface area (Å²) in [6, 6.07) is 64.9. The Balaban J connectivity index is 1.09. The van der Waals surface area contributed by atoms with Crippen LogP contribution in [0.25, 0.3) is 88.7 Å². The zero-order valence-electron chi connectivity index (χ0n) is 32.9. The van der Waals surface area contributed by atoms with Crippen LogP contribution < -0.4 is 0 Å². The van der Waals surface area contributed by atoms with Gasteiger partial charge >= 0.3 is 0 Å². The van der Waals surface area contributed by atoms with Crippen LogP contribution in [0.1, 0.15) is 30.5 Å². The fourth-order valence-corrected chi connectivity index (χ4v) is 9.01. The Bertz CT molecular complexity index is 3180. The molecule has 0 atom stereocenters. The van der Waals surface area contributed by atoms with E-state index in [1.54, 1.807) is 13.0 Å². The van der Waals surface area contributed by atoms with Gasteiger partial charge in [0, 0.05) is 16.5 Å². The molecule has 0 aliphatic heterocycles. The molecular formula is C55H40N2O2. The maximum absolute atomic E-state index is 12.3. The van der Waals surface area contributed by atoms with E-state index in [1.807, 2.05) is 19.1 Å². The minimum Gasteiger partial charge on any atom is -0.309 e. The fraction of sp³-hybridized carbons (Fsp3) is 0.0545. The van der Waals surface area contributed by atoms with Crippen molar-refractivity contribution >= 4 is 27.4 Å². The number of hydrogen-bond acceptors (Lipinski definition) is 2. The summed E-state index contributed by atoms with van der Waals surface area (Å²) in [4.78, 5) is 12.0. The van der Waals surface area contributed by atoms with E-state index in [4.69, 9.17) is 0 Å². The van der Waals surface area contributed by atoms with Gasteiger partial charge in [-0.3, -0.25) is 10.1 Å². The lowest BCUT2D eigenvalue weighted by atomic mass is 9.90. The third kappa shape index (κ3) is 6.36. The summed E-state index contributed by atoms with van der Waals surface area (Å²) in [7, 11) is 0. The summed E-state index contributed by atoms with van der Waals surface area (Å²) in [5, 5.41) is 14.7. The molecular weight excluding hydrogens is 721 g/mol. The summed E-state index contributed by atoms with van der Waals surface area (Å²) in [5.41, 5.74) is 18.8. The molecule has 8 aromatic carbocycles. The second-order valence-electron chi connectivity index (χ2n) is 15.2. The van der Waals surface area contributed by atoms with E-state index in [0.29, 0.717) is 5.57 Å². The van der Waals surface area contributed by atoms with Gasteiger partial charge in [-0.2, -0.15) is 0 Å². The SMILES string of the molecule is C/C=C(\C(=C/C)[N+](=O)[O-])c1cc(-c2cccc(-c3ccc4c(c3)-c3ccccc3C4)c2)cc(-c2cccc(-c3ccc4c(c3)c3ccccc3n4-c3ccccc3)c2)c1. The largest absolute Gasteiger partial charge is 0.309 e. The number of nitro groups is 1. The van der Waals surface area contributed by atoms with Gasteiger partial charge < -0.3 is 4.57 Å². The summed E-state index contributed by atoms with van der Waals surface area (Å²) >= 11 is 0. The molecule has 1 heterocycles. The molecule has 0 fully saturated rings. The molecule has 0 unspecified atom stereocenters. The van der Waals surface area contributed by atoms with Crippen molar-refractivity contribution in [1.29, 1.82) is 0 Å². The van der Waals surface area contributed by atoms with Crippen LogP contribution in [0.3, 0.4) is 0 Å². The van der Waals surface area contributed by atoms with Crippen molar-refractivity contribution in [3.05, 3.63) is 227 Å². The Morgan fingerprint density at radius 1 is 0.492 bits per heavy atom. The van der Waals surface area contributed by atoms with Gasteiger partial charge in [-0.1, -0.05) is 121 Å². The van der Waals surface area contributed by atoms with Crippen LogP contribution in [0.4, 0.5) is 0 Å². The lowest BCUT2D eigenvalue weighted by molar-refractivity contribution is -0.417. The maximum atomic E-state index is 12.3. The van der Waals surface area contributed by atoms with Gasteiger partial charge in [0.15, 0.2) is 0 Å². The Hall–Kier alpha value is -7.56. The fourth-order valence-electron chi connectivity index (χ4n) is 9.01. The van der Waals surface area contributed by atoms with E-state index < -0.39 is 0 Å². The second-order valence-corrected chi connectivity index (χ2v) is 15.2. The zero-order valence-corrected chi connectivity index (χ0v) is 32.9. The van der Waals surface area contributed by atoms with Crippen molar-refractivity contribution in [3.63, 3.8) is 0 Å². The Morgan fingerprint density at radius 3 is 1.75 bits per heavy atom. The normalized spacial score (nSPS) is 12.5. The molecule has 0 spiro atoms. The zero-order chi connectivity index (χ0) is 40.0. The first-order valence-electron chi connectivity index (χ1n) is 20.1. The summed E-state index contributed by atoms with van der Waals surface area (Å²) in [6.07, 6.45) is 4.39. The number of rotatable bonds is 8. The molecule has 0 saturated heterocycles. The molecule has 0 saturated carbocycles. The summed E-state index contributed by atoms with van der Waals surface area (Å²) in [5.74, 6) is 0. The molecule has 0 N–H and O–H groups in total. The Kier molecular flexibility index (Phi) is 8.95. The third-order valence-electron chi connectivity index (χ3n) is 11.8. The van der Waals surface area contributed by atoms with E-state index in [9.17, 15) is 10.1 Å². The van der Waals surface area contributed by atoms with Crippen molar-refractivity contribution in [2.24, 2.45) is 0 Å². The minimum atomic E-state index is -0.292. The summed E-state index contributed by atoms with van der Waals surface area (Å²) in [6.45, 7) is 3.59. The first kappa shape index (κ1) is 35.8. The van der Waals surface area contributed by atoms with Crippen LogP contribution >= 0.6 is 0 Å². The van der Waals surface area contributed by atoms with Crippen LogP contribution in [-0.4, -0.2) is 9.49 Å². The quantitative estimate of drug-likeness (QED) is 0.0880. The van der Waals surface area contributed by atoms with Gasteiger partial charge in [0.05, 0.1) is 21.5 Å². The standard InChI is InChI=1S/C55H40N2O2/c1-3-48(53(4-2)57(58)59)46-32-44(38-17-12-15-36(28-38)40-24-25-43-30-42-14-8-9-21-49(42)51(43)34-40)31-45(33-46)39-18-13-16-37(29-39)41-26-27-55-52(35-41)50-22-10-11-23-54(50)56(55)47-19-6-5-7-20-47/h3-29,31-35H,30H2,1-2H3/b48-3-,53-4+. The molecule has 10 rings (SSSR count). The molecule has 0 bridgehead atoms. The highest BCUT2D eigenvalue weighted by Crippen LogP contribution is 2.41. The molecule has 282 valence electrons. The van der Waals surface area contributed by atoms with Crippen molar-refractivity contribution in [1.82, 2.24) is 4.57 Å². The van der Waals surface area contributed by atoms with Gasteiger partial charge in [0.2, 0.25) is 0 Å². The lowest BCUT2D eigenvalue weighted by Crippen LogP contribution is -2.02. The number of para-hydroxylation sites is 2.